The van der Waals surface area contributed by atoms with Crippen molar-refractivity contribution in [1.82, 2.24) is 4.98 Å². The minimum Gasteiger partial charge on any atom is -0.395 e. The molecule has 0 bridgehead atoms. The van der Waals surface area contributed by atoms with E-state index in [2.05, 4.69) is 26.2 Å². The van der Waals surface area contributed by atoms with Gasteiger partial charge in [-0.05, 0) is 24.3 Å². The molecule has 1 aromatic carbocycles. The monoisotopic (exact) mass is 306 g/mol. The van der Waals surface area contributed by atoms with Crippen molar-refractivity contribution >= 4 is 39.0 Å². The Hall–Kier alpha value is -2.08. The van der Waals surface area contributed by atoms with Crippen LogP contribution in [0.1, 0.15) is 10.4 Å². The number of nitrogen functional groups attached to an aromatic ring is 2. The SMILES string of the molecule is Nc1nccc(C(=O)Nc2cccc(Br)c2)c1N. The Morgan fingerprint density at radius 1 is 1.28 bits per heavy atom. The van der Waals surface area contributed by atoms with E-state index in [-0.39, 0.29) is 17.4 Å². The number of nitrogens with two attached hydrogens (primary N) is 2. The van der Waals surface area contributed by atoms with Crippen LogP contribution in [0.2, 0.25) is 0 Å². The Balaban J connectivity index is 2.25. The molecule has 0 atom stereocenters. The molecule has 0 spiro atoms. The molecule has 0 unspecified atom stereocenters. The van der Waals surface area contributed by atoms with E-state index in [4.69, 9.17) is 11.5 Å². The molecule has 6 heteroatoms. The van der Waals surface area contributed by atoms with Crippen molar-refractivity contribution in [2.45, 2.75) is 0 Å². The average Bonchev–Trinajstić information content (AvgIpc) is 2.32. The predicted molar refractivity (Wildman–Crippen MR) is 75.2 cm³/mol. The Bertz CT molecular complexity index is 600. The number of carbonyl (C=O) groups is 1. The fourth-order valence-electron chi connectivity index (χ4n) is 1.45. The lowest BCUT2D eigenvalue weighted by Gasteiger charge is -2.08. The van der Waals surface area contributed by atoms with Crippen molar-refractivity contribution in [1.29, 1.82) is 0 Å². The first-order valence-electron chi connectivity index (χ1n) is 5.15. The van der Waals surface area contributed by atoms with Gasteiger partial charge in [0.05, 0.1) is 11.3 Å². The van der Waals surface area contributed by atoms with Crippen molar-refractivity contribution < 1.29 is 4.79 Å². The van der Waals surface area contributed by atoms with Crippen LogP contribution in [-0.2, 0) is 0 Å². The summed E-state index contributed by atoms with van der Waals surface area (Å²) in [5.74, 6) is -0.170. The number of hydrogen-bond donors (Lipinski definition) is 3. The number of pyridine rings is 1. The van der Waals surface area contributed by atoms with Gasteiger partial charge in [-0.3, -0.25) is 4.79 Å². The van der Waals surface area contributed by atoms with E-state index < -0.39 is 0 Å². The summed E-state index contributed by atoms with van der Waals surface area (Å²) < 4.78 is 0.877. The van der Waals surface area contributed by atoms with Gasteiger partial charge in [-0.1, -0.05) is 22.0 Å². The van der Waals surface area contributed by atoms with Crippen LogP contribution in [0.4, 0.5) is 17.2 Å². The van der Waals surface area contributed by atoms with Gasteiger partial charge in [0.15, 0.2) is 0 Å². The van der Waals surface area contributed by atoms with Crippen molar-refractivity contribution in [3.05, 3.63) is 46.6 Å². The number of amides is 1. The molecule has 92 valence electrons. The number of benzene rings is 1. The van der Waals surface area contributed by atoms with Crippen LogP contribution in [0, 0.1) is 0 Å². The van der Waals surface area contributed by atoms with Gasteiger partial charge in [-0.15, -0.1) is 0 Å². The Kier molecular flexibility index (Phi) is 3.47. The lowest BCUT2D eigenvalue weighted by atomic mass is 10.2. The second kappa shape index (κ2) is 5.05. The minimum atomic E-state index is -0.320. The molecule has 0 aliphatic rings. The van der Waals surface area contributed by atoms with E-state index >= 15 is 0 Å². The Morgan fingerprint density at radius 2 is 2.06 bits per heavy atom. The lowest BCUT2D eigenvalue weighted by Crippen LogP contribution is -2.15. The number of nitrogens with one attached hydrogen (secondary N) is 1. The minimum absolute atomic E-state index is 0.150. The maximum atomic E-state index is 12.0. The Labute approximate surface area is 112 Å². The molecule has 2 rings (SSSR count). The number of nitrogens with zero attached hydrogens (tertiary/aromatic N) is 1. The second-order valence-electron chi connectivity index (χ2n) is 3.62. The molecule has 0 radical (unpaired) electrons. The zero-order valence-electron chi connectivity index (χ0n) is 9.35. The molecule has 1 amide bonds. The predicted octanol–water partition coefficient (Wildman–Crippen LogP) is 2.26. The summed E-state index contributed by atoms with van der Waals surface area (Å²) in [4.78, 5) is 15.8. The first kappa shape index (κ1) is 12.4. The molecule has 1 heterocycles. The van der Waals surface area contributed by atoms with Crippen LogP contribution in [0.25, 0.3) is 0 Å². The average molecular weight is 307 g/mol. The largest absolute Gasteiger partial charge is 0.395 e. The quantitative estimate of drug-likeness (QED) is 0.793. The third-order valence-electron chi connectivity index (χ3n) is 2.35. The van der Waals surface area contributed by atoms with Gasteiger partial charge >= 0.3 is 0 Å². The maximum Gasteiger partial charge on any atom is 0.257 e. The van der Waals surface area contributed by atoms with Crippen molar-refractivity contribution in [2.75, 3.05) is 16.8 Å². The van der Waals surface area contributed by atoms with Crippen molar-refractivity contribution in [3.8, 4) is 0 Å². The summed E-state index contributed by atoms with van der Waals surface area (Å²) in [5.41, 5.74) is 12.4. The van der Waals surface area contributed by atoms with Crippen LogP contribution in [-0.4, -0.2) is 10.9 Å². The zero-order valence-corrected chi connectivity index (χ0v) is 10.9. The van der Waals surface area contributed by atoms with Crippen LogP contribution < -0.4 is 16.8 Å². The van der Waals surface area contributed by atoms with E-state index in [1.54, 1.807) is 12.1 Å². The van der Waals surface area contributed by atoms with Crippen LogP contribution in [0.15, 0.2) is 41.0 Å². The molecule has 0 saturated carbocycles. The highest BCUT2D eigenvalue weighted by Crippen LogP contribution is 2.20. The van der Waals surface area contributed by atoms with Gasteiger partial charge in [-0.25, -0.2) is 4.98 Å². The second-order valence-corrected chi connectivity index (χ2v) is 4.54. The topological polar surface area (TPSA) is 94.0 Å². The molecule has 18 heavy (non-hydrogen) atoms. The first-order chi connectivity index (χ1) is 8.58. The number of halogens is 1. The number of aromatic nitrogens is 1. The molecule has 2 aromatic rings. The van der Waals surface area contributed by atoms with Crippen LogP contribution in [0.3, 0.4) is 0 Å². The van der Waals surface area contributed by atoms with Gasteiger partial charge in [0.25, 0.3) is 5.91 Å². The molecule has 5 N–H and O–H groups in total. The molecular formula is C12H11BrN4O. The van der Waals surface area contributed by atoms with Gasteiger partial charge in [0.1, 0.15) is 5.82 Å². The summed E-state index contributed by atoms with van der Waals surface area (Å²) in [6.45, 7) is 0. The normalized spacial score (nSPS) is 10.1. The van der Waals surface area contributed by atoms with Crippen molar-refractivity contribution in [2.24, 2.45) is 0 Å². The summed E-state index contributed by atoms with van der Waals surface area (Å²) in [6.07, 6.45) is 1.45. The number of carbonyl (C=O) groups excluding carboxylic acids is 1. The summed E-state index contributed by atoms with van der Waals surface area (Å²) in [5, 5.41) is 2.73. The molecule has 0 aliphatic carbocycles. The van der Waals surface area contributed by atoms with Crippen molar-refractivity contribution in [3.63, 3.8) is 0 Å². The van der Waals surface area contributed by atoms with E-state index in [0.717, 1.165) is 4.47 Å². The smallest absolute Gasteiger partial charge is 0.257 e. The fourth-order valence-corrected chi connectivity index (χ4v) is 1.85. The fraction of sp³-hybridized carbons (Fsp3) is 0. The molecule has 5 nitrogen and oxygen atoms in total. The van der Waals surface area contributed by atoms with E-state index in [9.17, 15) is 4.79 Å². The number of hydrogen-bond acceptors (Lipinski definition) is 4. The summed E-state index contributed by atoms with van der Waals surface area (Å²) in [6, 6.07) is 8.79. The highest BCUT2D eigenvalue weighted by atomic mass is 79.9. The highest BCUT2D eigenvalue weighted by molar-refractivity contribution is 9.10. The van der Waals surface area contributed by atoms with Gasteiger partial charge < -0.3 is 16.8 Å². The lowest BCUT2D eigenvalue weighted by molar-refractivity contribution is 0.102. The summed E-state index contributed by atoms with van der Waals surface area (Å²) in [7, 11) is 0. The molecule has 0 aliphatic heterocycles. The Morgan fingerprint density at radius 3 is 2.78 bits per heavy atom. The van der Waals surface area contributed by atoms with Gasteiger partial charge in [0.2, 0.25) is 0 Å². The maximum absolute atomic E-state index is 12.0. The van der Waals surface area contributed by atoms with Gasteiger partial charge in [-0.2, -0.15) is 0 Å². The van der Waals surface area contributed by atoms with E-state index in [1.165, 1.54) is 12.3 Å². The third kappa shape index (κ3) is 2.60. The molecule has 1 aromatic heterocycles. The van der Waals surface area contributed by atoms with Gasteiger partial charge in [0, 0.05) is 16.4 Å². The highest BCUT2D eigenvalue weighted by Gasteiger charge is 2.12. The molecule has 0 fully saturated rings. The number of anilines is 3. The van der Waals surface area contributed by atoms with E-state index in [0.29, 0.717) is 11.3 Å². The van der Waals surface area contributed by atoms with E-state index in [1.807, 2.05) is 12.1 Å². The summed E-state index contributed by atoms with van der Waals surface area (Å²) >= 11 is 3.33. The first-order valence-corrected chi connectivity index (χ1v) is 5.94. The zero-order chi connectivity index (χ0) is 13.1. The third-order valence-corrected chi connectivity index (χ3v) is 2.84. The number of rotatable bonds is 2. The standard InChI is InChI=1S/C12H11BrN4O/c13-7-2-1-3-8(6-7)17-12(18)9-4-5-16-11(15)10(9)14/h1-6H,14H2,(H2,15,16)(H,17,18). The molecule has 0 saturated heterocycles. The van der Waals surface area contributed by atoms with Crippen LogP contribution >= 0.6 is 15.9 Å². The molecular weight excluding hydrogens is 296 g/mol. The van der Waals surface area contributed by atoms with Crippen LogP contribution in [0.5, 0.6) is 0 Å².